The van der Waals surface area contributed by atoms with Crippen molar-refractivity contribution < 1.29 is 13.2 Å². The zero-order valence-corrected chi connectivity index (χ0v) is 13.8. The number of hydrogen-bond acceptors (Lipinski definition) is 5. The number of nitrogen functional groups attached to an aromatic ring is 2. The molecule has 0 aliphatic heterocycles. The Hall–Kier alpha value is -2.22. The Morgan fingerprint density at radius 2 is 1.58 bits per heavy atom. The van der Waals surface area contributed by atoms with Crippen LogP contribution in [0.15, 0.2) is 39.4 Å². The van der Waals surface area contributed by atoms with Gasteiger partial charge in [0.1, 0.15) is 11.4 Å². The van der Waals surface area contributed by atoms with Crippen LogP contribution in [0.3, 0.4) is 0 Å². The number of hydrogen-bond donors (Lipinski definition) is 2. The zero-order valence-electron chi connectivity index (χ0n) is 13.0. The lowest BCUT2D eigenvalue weighted by molar-refractivity contribution is 0.503. The van der Waals surface area contributed by atoms with Crippen molar-refractivity contribution in [3.05, 3.63) is 41.7 Å². The second-order valence-electron chi connectivity index (χ2n) is 5.01. The Kier molecular flexibility index (Phi) is 6.08. The highest BCUT2D eigenvalue weighted by Crippen LogP contribution is 2.36. The van der Waals surface area contributed by atoms with Crippen LogP contribution < -0.4 is 11.5 Å². The first-order chi connectivity index (χ1) is 11.5. The highest BCUT2D eigenvalue weighted by atomic mass is 32.2. The summed E-state index contributed by atoms with van der Waals surface area (Å²) < 4.78 is 40.8. The van der Waals surface area contributed by atoms with Crippen LogP contribution in [-0.4, -0.2) is 5.75 Å². The van der Waals surface area contributed by atoms with Gasteiger partial charge in [0.25, 0.3) is 0 Å². The van der Waals surface area contributed by atoms with Crippen molar-refractivity contribution in [2.45, 2.75) is 24.7 Å². The van der Waals surface area contributed by atoms with Gasteiger partial charge in [0.05, 0.1) is 5.69 Å². The second kappa shape index (κ2) is 8.05. The molecule has 0 atom stereocenters. The SMILES string of the molecule is CCCCSc1ccc(N=Nc2c(N)c(F)c(N)c(F)c2F)cc1. The molecule has 0 spiro atoms. The van der Waals surface area contributed by atoms with E-state index in [9.17, 15) is 13.2 Å². The number of rotatable bonds is 6. The quantitative estimate of drug-likeness (QED) is 0.234. The van der Waals surface area contributed by atoms with Crippen LogP contribution in [0.5, 0.6) is 0 Å². The molecule has 2 aromatic rings. The van der Waals surface area contributed by atoms with Crippen LogP contribution in [0.25, 0.3) is 0 Å². The van der Waals surface area contributed by atoms with Gasteiger partial charge in [-0.25, -0.2) is 13.2 Å². The molecular weight excluding hydrogens is 337 g/mol. The number of halogens is 3. The first-order valence-electron chi connectivity index (χ1n) is 7.31. The Morgan fingerprint density at radius 3 is 2.21 bits per heavy atom. The van der Waals surface area contributed by atoms with Crippen molar-refractivity contribution in [1.29, 1.82) is 0 Å². The summed E-state index contributed by atoms with van der Waals surface area (Å²) in [5.41, 5.74) is 8.52. The van der Waals surface area contributed by atoms with Gasteiger partial charge in [0.2, 0.25) is 0 Å². The van der Waals surface area contributed by atoms with E-state index in [1.165, 1.54) is 0 Å². The van der Waals surface area contributed by atoms with E-state index in [4.69, 9.17) is 11.5 Å². The molecule has 0 bridgehead atoms. The molecule has 0 fully saturated rings. The highest BCUT2D eigenvalue weighted by molar-refractivity contribution is 7.99. The lowest BCUT2D eigenvalue weighted by Gasteiger charge is -2.07. The summed E-state index contributed by atoms with van der Waals surface area (Å²) >= 11 is 1.71. The highest BCUT2D eigenvalue weighted by Gasteiger charge is 2.21. The van der Waals surface area contributed by atoms with Crippen molar-refractivity contribution in [2.24, 2.45) is 10.2 Å². The van der Waals surface area contributed by atoms with Crippen molar-refractivity contribution in [3.8, 4) is 0 Å². The van der Waals surface area contributed by atoms with Gasteiger partial charge in [-0.05, 0) is 36.4 Å². The fourth-order valence-corrected chi connectivity index (χ4v) is 2.83. The number of unbranched alkanes of at least 4 members (excludes halogenated alkanes) is 1. The van der Waals surface area contributed by atoms with Gasteiger partial charge in [-0.2, -0.15) is 5.11 Å². The Morgan fingerprint density at radius 1 is 0.917 bits per heavy atom. The van der Waals surface area contributed by atoms with Gasteiger partial charge in [-0.1, -0.05) is 13.3 Å². The van der Waals surface area contributed by atoms with Crippen molar-refractivity contribution >= 4 is 34.5 Å². The molecule has 2 rings (SSSR count). The average Bonchev–Trinajstić information content (AvgIpc) is 2.60. The molecule has 0 aliphatic rings. The molecule has 0 amide bonds. The minimum atomic E-state index is -1.53. The summed E-state index contributed by atoms with van der Waals surface area (Å²) in [6.45, 7) is 2.12. The summed E-state index contributed by atoms with van der Waals surface area (Å²) in [5, 5.41) is 7.30. The first kappa shape index (κ1) is 18.1. The predicted molar refractivity (Wildman–Crippen MR) is 91.4 cm³/mol. The third-order valence-electron chi connectivity index (χ3n) is 3.23. The number of azo groups is 1. The monoisotopic (exact) mass is 354 g/mol. The summed E-state index contributed by atoms with van der Waals surface area (Å²) in [7, 11) is 0. The normalized spacial score (nSPS) is 11.3. The Labute approximate surface area is 142 Å². The summed E-state index contributed by atoms with van der Waals surface area (Å²) in [6, 6.07) is 7.04. The van der Waals surface area contributed by atoms with Gasteiger partial charge < -0.3 is 11.5 Å². The number of nitrogens with zero attached hydrogens (tertiary/aromatic N) is 2. The van der Waals surface area contributed by atoms with Crippen LogP contribution >= 0.6 is 11.8 Å². The fraction of sp³-hybridized carbons (Fsp3) is 0.250. The van der Waals surface area contributed by atoms with Crippen LogP contribution in [0.2, 0.25) is 0 Å². The average molecular weight is 354 g/mol. The summed E-state index contributed by atoms with van der Waals surface area (Å²) in [6.07, 6.45) is 2.25. The number of nitrogens with two attached hydrogens (primary N) is 2. The lowest BCUT2D eigenvalue weighted by Crippen LogP contribution is -2.04. The molecule has 24 heavy (non-hydrogen) atoms. The molecular formula is C16H17F3N4S. The van der Waals surface area contributed by atoms with Gasteiger partial charge in [-0.3, -0.25) is 0 Å². The molecule has 0 unspecified atom stereocenters. The maximum atomic E-state index is 13.8. The molecule has 0 heterocycles. The summed E-state index contributed by atoms with van der Waals surface area (Å²) in [4.78, 5) is 1.07. The molecule has 0 aliphatic carbocycles. The molecule has 128 valence electrons. The smallest absolute Gasteiger partial charge is 0.190 e. The van der Waals surface area contributed by atoms with Gasteiger partial charge in [0, 0.05) is 4.90 Å². The van der Waals surface area contributed by atoms with Crippen molar-refractivity contribution in [2.75, 3.05) is 17.2 Å². The van der Waals surface area contributed by atoms with Crippen LogP contribution in [0.4, 0.5) is 35.9 Å². The molecule has 4 nitrogen and oxygen atoms in total. The third-order valence-corrected chi connectivity index (χ3v) is 4.33. The van der Waals surface area contributed by atoms with Crippen molar-refractivity contribution in [3.63, 3.8) is 0 Å². The van der Waals surface area contributed by atoms with E-state index in [0.717, 1.165) is 23.5 Å². The molecule has 0 aromatic heterocycles. The standard InChI is InChI=1S/C16H17F3N4S/c1-2-3-8-24-10-6-4-9(5-7-10)22-23-16-12(18)11(17)14(20)13(19)15(16)21/h4-7H,2-3,8,20-21H2,1H3. The lowest BCUT2D eigenvalue weighted by atomic mass is 10.2. The van der Waals surface area contributed by atoms with Gasteiger partial charge in [-0.15, -0.1) is 16.9 Å². The number of benzene rings is 2. The minimum Gasteiger partial charge on any atom is -0.394 e. The van der Waals surface area contributed by atoms with E-state index in [0.29, 0.717) is 5.69 Å². The molecule has 4 N–H and O–H groups in total. The number of thioether (sulfide) groups is 1. The first-order valence-corrected chi connectivity index (χ1v) is 8.30. The predicted octanol–water partition coefficient (Wildman–Crippen LogP) is 5.58. The third kappa shape index (κ3) is 4.00. The largest absolute Gasteiger partial charge is 0.394 e. The van der Waals surface area contributed by atoms with E-state index in [-0.39, 0.29) is 0 Å². The van der Waals surface area contributed by atoms with E-state index in [2.05, 4.69) is 17.2 Å². The maximum absolute atomic E-state index is 13.8. The molecule has 0 saturated carbocycles. The Balaban J connectivity index is 2.20. The molecule has 0 saturated heterocycles. The van der Waals surface area contributed by atoms with Crippen LogP contribution in [0, 0.1) is 17.5 Å². The van der Waals surface area contributed by atoms with E-state index < -0.39 is 34.5 Å². The fourth-order valence-electron chi connectivity index (χ4n) is 1.83. The molecule has 2 aromatic carbocycles. The van der Waals surface area contributed by atoms with Crippen LogP contribution in [0.1, 0.15) is 19.8 Å². The Bertz CT molecular complexity index is 719. The number of anilines is 2. The van der Waals surface area contributed by atoms with Gasteiger partial charge >= 0.3 is 0 Å². The maximum Gasteiger partial charge on any atom is 0.190 e. The minimum absolute atomic E-state index is 0.409. The zero-order chi connectivity index (χ0) is 17.7. The van der Waals surface area contributed by atoms with E-state index in [1.54, 1.807) is 23.9 Å². The van der Waals surface area contributed by atoms with Crippen LogP contribution in [-0.2, 0) is 0 Å². The molecule has 8 heteroatoms. The van der Waals surface area contributed by atoms with E-state index >= 15 is 0 Å². The molecule has 0 radical (unpaired) electrons. The van der Waals surface area contributed by atoms with E-state index in [1.807, 2.05) is 12.1 Å². The van der Waals surface area contributed by atoms with Crippen molar-refractivity contribution in [1.82, 2.24) is 0 Å². The summed E-state index contributed by atoms with van der Waals surface area (Å²) in [5.74, 6) is -3.19. The van der Waals surface area contributed by atoms with Gasteiger partial charge in [0.15, 0.2) is 23.1 Å². The topological polar surface area (TPSA) is 76.8 Å². The second-order valence-corrected chi connectivity index (χ2v) is 6.18.